The van der Waals surface area contributed by atoms with E-state index in [1.54, 1.807) is 24.3 Å². The molecule has 0 aromatic heterocycles. The molecule has 2 aliphatic rings. The standard InChI is InChI=1S/C23H15BrFN3O3S4/c24-15-5-1-13(2-6-15)12-18-21(31)28(23(33)35-18)26-19(29)9-10-27-20(30)17(34-22(27)32)11-14-3-7-16(25)8-4-14/h1-8,11-12H,9-10H2,(H,26,29)/b17-11+,18-12-. The third kappa shape index (κ3) is 6.25. The molecule has 0 atom stereocenters. The van der Waals surface area contributed by atoms with Crippen LogP contribution in [0.15, 0.2) is 62.8 Å². The van der Waals surface area contributed by atoms with Gasteiger partial charge < -0.3 is 0 Å². The lowest BCUT2D eigenvalue weighted by Gasteiger charge is -2.18. The molecule has 0 unspecified atom stereocenters. The lowest BCUT2D eigenvalue weighted by molar-refractivity contribution is -0.133. The van der Waals surface area contributed by atoms with Crippen LogP contribution < -0.4 is 5.43 Å². The Morgan fingerprint density at radius 3 is 2.09 bits per heavy atom. The lowest BCUT2D eigenvalue weighted by atomic mass is 10.2. The van der Waals surface area contributed by atoms with Gasteiger partial charge >= 0.3 is 0 Å². The van der Waals surface area contributed by atoms with Crippen molar-refractivity contribution in [3.63, 3.8) is 0 Å². The molecule has 0 spiro atoms. The van der Waals surface area contributed by atoms with Crippen LogP contribution in [0.25, 0.3) is 12.2 Å². The van der Waals surface area contributed by atoms with Gasteiger partial charge in [0.15, 0.2) is 4.32 Å². The van der Waals surface area contributed by atoms with Gasteiger partial charge in [-0.1, -0.05) is 75.9 Å². The highest BCUT2D eigenvalue weighted by atomic mass is 79.9. The summed E-state index contributed by atoms with van der Waals surface area (Å²) in [6.07, 6.45) is 3.24. The number of nitrogens with one attached hydrogen (secondary N) is 1. The molecule has 0 saturated carbocycles. The molecule has 0 bridgehead atoms. The van der Waals surface area contributed by atoms with Crippen LogP contribution in [0.1, 0.15) is 17.5 Å². The molecule has 2 aromatic carbocycles. The second-order valence-corrected chi connectivity index (χ2v) is 11.5. The number of thioether (sulfide) groups is 2. The Bertz CT molecular complexity index is 1300. The normalized spacial score (nSPS) is 18.3. The number of carbonyl (C=O) groups is 3. The van der Waals surface area contributed by atoms with E-state index < -0.39 is 11.8 Å². The fraction of sp³-hybridized carbons (Fsp3) is 0.0870. The summed E-state index contributed by atoms with van der Waals surface area (Å²) < 4.78 is 14.6. The Hall–Kier alpha value is -2.38. The van der Waals surface area contributed by atoms with Gasteiger partial charge in [0.05, 0.1) is 9.81 Å². The zero-order valence-corrected chi connectivity index (χ0v) is 22.5. The van der Waals surface area contributed by atoms with E-state index in [0.717, 1.165) is 38.6 Å². The van der Waals surface area contributed by atoms with Crippen molar-refractivity contribution in [2.45, 2.75) is 6.42 Å². The fourth-order valence-electron chi connectivity index (χ4n) is 3.07. The summed E-state index contributed by atoms with van der Waals surface area (Å²) in [6.45, 7) is 0.0424. The first-order chi connectivity index (χ1) is 16.7. The van der Waals surface area contributed by atoms with E-state index in [0.29, 0.717) is 19.7 Å². The summed E-state index contributed by atoms with van der Waals surface area (Å²) in [4.78, 5) is 40.1. The second kappa shape index (κ2) is 11.1. The molecule has 2 heterocycles. The number of rotatable bonds is 6. The number of hydrogen-bond acceptors (Lipinski definition) is 7. The Kier molecular flexibility index (Phi) is 8.17. The third-order valence-corrected chi connectivity index (χ3v) is 8.01. The monoisotopic (exact) mass is 607 g/mol. The van der Waals surface area contributed by atoms with E-state index in [9.17, 15) is 18.8 Å². The van der Waals surface area contributed by atoms with Crippen molar-refractivity contribution in [2.24, 2.45) is 0 Å². The first-order valence-electron chi connectivity index (χ1n) is 10.1. The minimum Gasteiger partial charge on any atom is -0.292 e. The van der Waals surface area contributed by atoms with Gasteiger partial charge in [-0.2, -0.15) is 5.01 Å². The van der Waals surface area contributed by atoms with Crippen LogP contribution in [0.4, 0.5) is 4.39 Å². The zero-order chi connectivity index (χ0) is 25.1. The summed E-state index contributed by atoms with van der Waals surface area (Å²) in [5.74, 6) is -1.61. The van der Waals surface area contributed by atoms with Crippen LogP contribution in [0, 0.1) is 5.82 Å². The average molecular weight is 609 g/mol. The summed E-state index contributed by atoms with van der Waals surface area (Å²) >= 11 is 16.1. The molecular formula is C23H15BrFN3O3S4. The number of hydrazine groups is 1. The van der Waals surface area contributed by atoms with Crippen LogP contribution in [-0.2, 0) is 14.4 Å². The largest absolute Gasteiger partial charge is 0.292 e. The molecule has 178 valence electrons. The van der Waals surface area contributed by atoms with Gasteiger partial charge in [0.2, 0.25) is 5.91 Å². The van der Waals surface area contributed by atoms with Gasteiger partial charge in [-0.05, 0) is 59.8 Å². The van der Waals surface area contributed by atoms with Crippen molar-refractivity contribution < 1.29 is 18.8 Å². The number of hydrogen-bond donors (Lipinski definition) is 1. The average Bonchev–Trinajstić information content (AvgIpc) is 3.24. The maximum Gasteiger partial charge on any atom is 0.285 e. The van der Waals surface area contributed by atoms with Gasteiger partial charge in [-0.25, -0.2) is 4.39 Å². The number of amides is 3. The smallest absolute Gasteiger partial charge is 0.285 e. The predicted octanol–water partition coefficient (Wildman–Crippen LogP) is 5.11. The molecule has 2 fully saturated rings. The Morgan fingerprint density at radius 2 is 1.46 bits per heavy atom. The minimum absolute atomic E-state index is 0.0424. The summed E-state index contributed by atoms with van der Waals surface area (Å²) in [5, 5.41) is 1.03. The molecule has 4 rings (SSSR count). The van der Waals surface area contributed by atoms with Crippen LogP contribution in [-0.4, -0.2) is 42.8 Å². The number of carbonyl (C=O) groups excluding carboxylic acids is 3. The highest BCUT2D eigenvalue weighted by Gasteiger charge is 2.35. The van der Waals surface area contributed by atoms with Crippen LogP contribution in [0.2, 0.25) is 0 Å². The summed E-state index contributed by atoms with van der Waals surface area (Å²) in [7, 11) is 0. The van der Waals surface area contributed by atoms with E-state index in [-0.39, 0.29) is 29.0 Å². The number of halogens is 2. The molecule has 6 nitrogen and oxygen atoms in total. The Morgan fingerprint density at radius 1 is 0.914 bits per heavy atom. The highest BCUT2D eigenvalue weighted by Crippen LogP contribution is 2.33. The molecule has 35 heavy (non-hydrogen) atoms. The second-order valence-electron chi connectivity index (χ2n) is 7.24. The molecule has 2 aliphatic heterocycles. The van der Waals surface area contributed by atoms with Crippen molar-refractivity contribution >= 4 is 102 Å². The third-order valence-electron chi connectivity index (χ3n) is 4.80. The summed E-state index contributed by atoms with van der Waals surface area (Å²) in [5.41, 5.74) is 3.99. The molecule has 2 saturated heterocycles. The molecule has 3 amide bonds. The number of benzene rings is 2. The Balaban J connectivity index is 1.35. The van der Waals surface area contributed by atoms with Gasteiger partial charge in [-0.15, -0.1) is 0 Å². The topological polar surface area (TPSA) is 69.7 Å². The first kappa shape index (κ1) is 25.7. The molecule has 12 heteroatoms. The number of thiocarbonyl (C=S) groups is 2. The maximum atomic E-state index is 13.1. The first-order valence-corrected chi connectivity index (χ1v) is 13.3. The molecule has 0 radical (unpaired) electrons. The molecular weight excluding hydrogens is 593 g/mol. The van der Waals surface area contributed by atoms with Crippen LogP contribution in [0.5, 0.6) is 0 Å². The molecule has 0 aliphatic carbocycles. The molecule has 1 N–H and O–H groups in total. The summed E-state index contributed by atoms with van der Waals surface area (Å²) in [6, 6.07) is 13.1. The van der Waals surface area contributed by atoms with E-state index >= 15 is 0 Å². The van der Waals surface area contributed by atoms with Crippen molar-refractivity contribution in [3.05, 3.63) is 79.8 Å². The lowest BCUT2D eigenvalue weighted by Crippen LogP contribution is -2.46. The van der Waals surface area contributed by atoms with Crippen molar-refractivity contribution in [3.8, 4) is 0 Å². The van der Waals surface area contributed by atoms with Gasteiger partial charge in [0.1, 0.15) is 10.1 Å². The fourth-order valence-corrected chi connectivity index (χ4v) is 5.82. The van der Waals surface area contributed by atoms with E-state index in [2.05, 4.69) is 21.4 Å². The van der Waals surface area contributed by atoms with Crippen molar-refractivity contribution in [2.75, 3.05) is 6.54 Å². The van der Waals surface area contributed by atoms with E-state index in [1.165, 1.54) is 17.0 Å². The highest BCUT2D eigenvalue weighted by molar-refractivity contribution is 9.10. The van der Waals surface area contributed by atoms with Crippen LogP contribution in [0.3, 0.4) is 0 Å². The minimum atomic E-state index is -0.484. The maximum absolute atomic E-state index is 13.1. The number of nitrogens with zero attached hydrogens (tertiary/aromatic N) is 2. The predicted molar refractivity (Wildman–Crippen MR) is 148 cm³/mol. The van der Waals surface area contributed by atoms with E-state index in [4.69, 9.17) is 24.4 Å². The SMILES string of the molecule is O=C(CCN1C(=O)/C(=C\c2ccc(F)cc2)SC1=S)NN1C(=O)/C(=C/c2ccc(Br)cc2)SC1=S. The Labute approximate surface area is 228 Å². The molecule has 2 aromatic rings. The van der Waals surface area contributed by atoms with Gasteiger partial charge in [-0.3, -0.25) is 24.7 Å². The van der Waals surface area contributed by atoms with Crippen molar-refractivity contribution in [1.82, 2.24) is 15.3 Å². The van der Waals surface area contributed by atoms with E-state index in [1.807, 2.05) is 24.3 Å². The van der Waals surface area contributed by atoms with Gasteiger partial charge in [0.25, 0.3) is 11.8 Å². The van der Waals surface area contributed by atoms with Crippen molar-refractivity contribution in [1.29, 1.82) is 0 Å². The quantitative estimate of drug-likeness (QED) is 0.361. The zero-order valence-electron chi connectivity index (χ0n) is 17.7. The van der Waals surface area contributed by atoms with Gasteiger partial charge in [0, 0.05) is 17.4 Å². The van der Waals surface area contributed by atoms with Crippen LogP contribution >= 0.6 is 63.9 Å².